The highest BCUT2D eigenvalue weighted by molar-refractivity contribution is 7.89. The standard InChI is InChI=1S/C12H11ClFN3O2S/c1-17(2)20(18,19)8-3-4-11(15-6-8)9-7-16-12(13)5-10(9)14/h3-7H,1-2H3. The average Bonchev–Trinajstić information content (AvgIpc) is 2.38. The maximum absolute atomic E-state index is 13.7. The van der Waals surface area contributed by atoms with Crippen LogP contribution in [0.5, 0.6) is 0 Å². The van der Waals surface area contributed by atoms with Gasteiger partial charge in [0, 0.05) is 32.6 Å². The first kappa shape index (κ1) is 14.8. The van der Waals surface area contributed by atoms with E-state index in [1.54, 1.807) is 0 Å². The van der Waals surface area contributed by atoms with Crippen molar-refractivity contribution in [1.29, 1.82) is 0 Å². The molecule has 0 aliphatic carbocycles. The number of aromatic nitrogens is 2. The fourth-order valence-corrected chi connectivity index (χ4v) is 2.49. The van der Waals surface area contributed by atoms with Gasteiger partial charge in [0.05, 0.1) is 11.3 Å². The smallest absolute Gasteiger partial charge is 0.244 e. The predicted molar refractivity (Wildman–Crippen MR) is 73.3 cm³/mol. The van der Waals surface area contributed by atoms with Crippen LogP contribution in [-0.2, 0) is 10.0 Å². The van der Waals surface area contributed by atoms with Gasteiger partial charge in [-0.15, -0.1) is 0 Å². The Morgan fingerprint density at radius 2 is 1.90 bits per heavy atom. The third kappa shape index (κ3) is 2.79. The molecule has 0 aliphatic heterocycles. The van der Waals surface area contributed by atoms with Gasteiger partial charge in [0.15, 0.2) is 0 Å². The Hall–Kier alpha value is -1.57. The molecule has 0 atom stereocenters. The molecule has 0 saturated carbocycles. The van der Waals surface area contributed by atoms with Crippen molar-refractivity contribution in [2.75, 3.05) is 14.1 Å². The Morgan fingerprint density at radius 3 is 2.40 bits per heavy atom. The first-order valence-corrected chi connectivity index (χ1v) is 7.34. The van der Waals surface area contributed by atoms with Crippen LogP contribution in [0.25, 0.3) is 11.3 Å². The van der Waals surface area contributed by atoms with Crippen LogP contribution in [0.1, 0.15) is 0 Å². The van der Waals surface area contributed by atoms with Crippen LogP contribution in [0.2, 0.25) is 5.15 Å². The molecule has 5 nitrogen and oxygen atoms in total. The number of halogens is 2. The monoisotopic (exact) mass is 315 g/mol. The Bertz CT molecular complexity index is 733. The SMILES string of the molecule is CN(C)S(=O)(=O)c1ccc(-c2cnc(Cl)cc2F)nc1. The van der Waals surface area contributed by atoms with Crippen molar-refractivity contribution in [3.8, 4) is 11.3 Å². The van der Waals surface area contributed by atoms with E-state index in [9.17, 15) is 12.8 Å². The lowest BCUT2D eigenvalue weighted by atomic mass is 10.2. The Labute approximate surface area is 121 Å². The summed E-state index contributed by atoms with van der Waals surface area (Å²) in [6, 6.07) is 3.86. The van der Waals surface area contributed by atoms with E-state index in [0.29, 0.717) is 0 Å². The molecule has 106 valence electrons. The molecule has 2 aromatic rings. The molecule has 0 saturated heterocycles. The fraction of sp³-hybridized carbons (Fsp3) is 0.167. The minimum atomic E-state index is -3.55. The third-order valence-corrected chi connectivity index (χ3v) is 4.62. The van der Waals surface area contributed by atoms with Crippen LogP contribution in [-0.4, -0.2) is 36.8 Å². The molecule has 0 unspecified atom stereocenters. The summed E-state index contributed by atoms with van der Waals surface area (Å²) in [7, 11) is -0.707. The van der Waals surface area contributed by atoms with E-state index in [-0.39, 0.29) is 21.3 Å². The number of hydrogen-bond donors (Lipinski definition) is 0. The summed E-state index contributed by atoms with van der Waals surface area (Å²) in [5, 5.41) is 0.0399. The number of sulfonamides is 1. The lowest BCUT2D eigenvalue weighted by Crippen LogP contribution is -2.22. The van der Waals surface area contributed by atoms with Crippen LogP contribution >= 0.6 is 11.6 Å². The Kier molecular flexibility index (Phi) is 4.03. The van der Waals surface area contributed by atoms with Gasteiger partial charge in [-0.25, -0.2) is 22.1 Å². The zero-order chi connectivity index (χ0) is 14.9. The van der Waals surface area contributed by atoms with Crippen molar-refractivity contribution >= 4 is 21.6 Å². The molecule has 2 heterocycles. The number of nitrogens with zero attached hydrogens (tertiary/aromatic N) is 3. The van der Waals surface area contributed by atoms with E-state index in [1.807, 2.05) is 0 Å². The third-order valence-electron chi connectivity index (χ3n) is 2.61. The molecule has 0 amide bonds. The molecular weight excluding hydrogens is 305 g/mol. The number of pyridine rings is 2. The molecule has 0 N–H and O–H groups in total. The first-order valence-electron chi connectivity index (χ1n) is 5.52. The minimum absolute atomic E-state index is 0.0357. The lowest BCUT2D eigenvalue weighted by molar-refractivity contribution is 0.520. The first-order chi connectivity index (χ1) is 9.32. The largest absolute Gasteiger partial charge is 0.255 e. The molecule has 2 rings (SSSR count). The summed E-state index contributed by atoms with van der Waals surface area (Å²) in [4.78, 5) is 7.77. The highest BCUT2D eigenvalue weighted by atomic mass is 35.5. The van der Waals surface area contributed by atoms with Gasteiger partial charge >= 0.3 is 0 Å². The topological polar surface area (TPSA) is 63.2 Å². The zero-order valence-electron chi connectivity index (χ0n) is 10.7. The van der Waals surface area contributed by atoms with E-state index in [0.717, 1.165) is 10.4 Å². The highest BCUT2D eigenvalue weighted by Gasteiger charge is 2.18. The molecule has 2 aromatic heterocycles. The molecule has 0 bridgehead atoms. The lowest BCUT2D eigenvalue weighted by Gasteiger charge is -2.11. The van der Waals surface area contributed by atoms with E-state index in [1.165, 1.54) is 38.6 Å². The summed E-state index contributed by atoms with van der Waals surface area (Å²) in [6.45, 7) is 0. The van der Waals surface area contributed by atoms with Crippen molar-refractivity contribution < 1.29 is 12.8 Å². The van der Waals surface area contributed by atoms with Crippen molar-refractivity contribution in [2.45, 2.75) is 4.90 Å². The van der Waals surface area contributed by atoms with Gasteiger partial charge in [0.1, 0.15) is 15.9 Å². The highest BCUT2D eigenvalue weighted by Crippen LogP contribution is 2.23. The van der Waals surface area contributed by atoms with Gasteiger partial charge in [0.2, 0.25) is 10.0 Å². The summed E-state index contributed by atoms with van der Waals surface area (Å²) < 4.78 is 38.5. The molecule has 20 heavy (non-hydrogen) atoms. The van der Waals surface area contributed by atoms with Crippen molar-refractivity contribution in [3.63, 3.8) is 0 Å². The Balaban J connectivity index is 2.43. The minimum Gasteiger partial charge on any atom is -0.255 e. The molecule has 0 aromatic carbocycles. The summed E-state index contributed by atoms with van der Waals surface area (Å²) in [6.07, 6.45) is 2.43. The van der Waals surface area contributed by atoms with Gasteiger partial charge in [-0.05, 0) is 12.1 Å². The zero-order valence-corrected chi connectivity index (χ0v) is 12.3. The van der Waals surface area contributed by atoms with Gasteiger partial charge < -0.3 is 0 Å². The maximum Gasteiger partial charge on any atom is 0.244 e. The van der Waals surface area contributed by atoms with Crippen LogP contribution in [0, 0.1) is 5.82 Å². The van der Waals surface area contributed by atoms with Crippen LogP contribution < -0.4 is 0 Å². The van der Waals surface area contributed by atoms with Gasteiger partial charge in [-0.3, -0.25) is 4.98 Å². The molecule has 0 aliphatic rings. The Morgan fingerprint density at radius 1 is 1.20 bits per heavy atom. The molecule has 0 radical (unpaired) electrons. The van der Waals surface area contributed by atoms with Crippen molar-refractivity contribution in [2.24, 2.45) is 0 Å². The number of rotatable bonds is 3. The number of hydrogen-bond acceptors (Lipinski definition) is 4. The summed E-state index contributed by atoms with van der Waals surface area (Å²) in [5.74, 6) is -0.569. The van der Waals surface area contributed by atoms with Crippen LogP contribution in [0.15, 0.2) is 35.5 Å². The van der Waals surface area contributed by atoms with E-state index < -0.39 is 15.8 Å². The van der Waals surface area contributed by atoms with Gasteiger partial charge in [0.25, 0.3) is 0 Å². The maximum atomic E-state index is 13.7. The summed E-state index contributed by atoms with van der Waals surface area (Å²) >= 11 is 5.57. The van der Waals surface area contributed by atoms with Gasteiger partial charge in [-0.1, -0.05) is 11.6 Å². The van der Waals surface area contributed by atoms with Crippen LogP contribution in [0.4, 0.5) is 4.39 Å². The predicted octanol–water partition coefficient (Wildman–Crippen LogP) is 2.19. The average molecular weight is 316 g/mol. The molecular formula is C12H11ClFN3O2S. The second kappa shape index (κ2) is 5.43. The second-order valence-electron chi connectivity index (χ2n) is 4.15. The molecule has 8 heteroatoms. The fourth-order valence-electron chi connectivity index (χ4n) is 1.50. The second-order valence-corrected chi connectivity index (χ2v) is 6.69. The summed E-state index contributed by atoms with van der Waals surface area (Å²) in [5.41, 5.74) is 0.438. The van der Waals surface area contributed by atoms with E-state index >= 15 is 0 Å². The van der Waals surface area contributed by atoms with Crippen LogP contribution in [0.3, 0.4) is 0 Å². The molecule has 0 spiro atoms. The quantitative estimate of drug-likeness (QED) is 0.814. The molecule has 0 fully saturated rings. The van der Waals surface area contributed by atoms with Crippen molar-refractivity contribution in [1.82, 2.24) is 14.3 Å². The van der Waals surface area contributed by atoms with Crippen molar-refractivity contribution in [3.05, 3.63) is 41.6 Å². The van der Waals surface area contributed by atoms with Gasteiger partial charge in [-0.2, -0.15) is 0 Å². The normalized spacial score (nSPS) is 11.8. The van der Waals surface area contributed by atoms with E-state index in [2.05, 4.69) is 9.97 Å². The van der Waals surface area contributed by atoms with E-state index in [4.69, 9.17) is 11.6 Å².